The van der Waals surface area contributed by atoms with E-state index >= 15 is 0 Å². The summed E-state index contributed by atoms with van der Waals surface area (Å²) in [6, 6.07) is -0.838. The lowest BCUT2D eigenvalue weighted by atomic mass is 9.99. The van der Waals surface area contributed by atoms with Crippen molar-refractivity contribution >= 4 is 27.7 Å². The smallest absolute Gasteiger partial charge is 0.275 e. The summed E-state index contributed by atoms with van der Waals surface area (Å²) in [6.45, 7) is 1.66. The quantitative estimate of drug-likeness (QED) is 0.781. The lowest BCUT2D eigenvalue weighted by Gasteiger charge is -2.28. The average molecular weight is 407 g/mol. The number of hydrogen-bond donors (Lipinski definition) is 1. The van der Waals surface area contributed by atoms with Gasteiger partial charge in [0.2, 0.25) is 10.0 Å². The fraction of sp³-hybridized carbons (Fsp3) is 0.412. The second kappa shape index (κ2) is 6.17. The average Bonchev–Trinajstić information content (AvgIpc) is 3.15. The van der Waals surface area contributed by atoms with E-state index in [2.05, 4.69) is 14.8 Å². The molecule has 28 heavy (non-hydrogen) atoms. The lowest BCUT2D eigenvalue weighted by Crippen LogP contribution is -2.45. The number of rotatable bonds is 5. The third-order valence-corrected chi connectivity index (χ3v) is 6.69. The van der Waals surface area contributed by atoms with Crippen LogP contribution in [0.25, 0.3) is 0 Å². The van der Waals surface area contributed by atoms with E-state index in [0.29, 0.717) is 18.4 Å². The number of hydrogen-bond acceptors (Lipinski definition) is 5. The first-order chi connectivity index (χ1) is 13.1. The number of aryl methyl sites for hydroxylation is 1. The van der Waals surface area contributed by atoms with Crippen LogP contribution in [0.1, 0.15) is 25.3 Å². The highest BCUT2D eigenvalue weighted by Crippen LogP contribution is 2.37. The van der Waals surface area contributed by atoms with Crippen molar-refractivity contribution in [2.24, 2.45) is 12.0 Å². The van der Waals surface area contributed by atoms with E-state index in [4.69, 9.17) is 0 Å². The number of carbonyl (C=O) groups excluding carboxylic acids is 2. The normalized spacial score (nSPS) is 23.8. The van der Waals surface area contributed by atoms with Gasteiger partial charge in [-0.3, -0.25) is 14.4 Å². The van der Waals surface area contributed by atoms with E-state index in [1.807, 2.05) is 0 Å². The van der Waals surface area contributed by atoms with Gasteiger partial charge >= 0.3 is 6.03 Å². The molecule has 3 amide bonds. The highest BCUT2D eigenvalue weighted by Gasteiger charge is 2.45. The molecule has 3 aliphatic rings. The summed E-state index contributed by atoms with van der Waals surface area (Å²) in [5.74, 6) is -1.71. The second-order valence-corrected chi connectivity index (χ2v) is 9.23. The molecule has 1 aromatic heterocycles. The number of fused-ring (bicyclic) bond motifs is 1. The number of allylic oxidation sites excluding steroid dienone is 1. The zero-order valence-electron chi connectivity index (χ0n) is 15.2. The van der Waals surface area contributed by atoms with Gasteiger partial charge in [0.05, 0.1) is 24.0 Å². The van der Waals surface area contributed by atoms with Gasteiger partial charge in [-0.05, 0) is 31.9 Å². The van der Waals surface area contributed by atoms with Crippen molar-refractivity contribution in [2.45, 2.75) is 37.1 Å². The van der Waals surface area contributed by atoms with Gasteiger partial charge in [0.25, 0.3) is 5.91 Å². The molecule has 1 fully saturated rings. The van der Waals surface area contributed by atoms with E-state index in [0.717, 1.165) is 17.1 Å². The number of carbonyl (C=O) groups is 2. The summed E-state index contributed by atoms with van der Waals surface area (Å²) in [5.41, 5.74) is -0.251. The first-order valence-corrected chi connectivity index (χ1v) is 10.2. The Morgan fingerprint density at radius 1 is 1.36 bits per heavy atom. The lowest BCUT2D eigenvalue weighted by molar-refractivity contribution is -0.124. The number of amides is 3. The molecule has 2 heterocycles. The summed E-state index contributed by atoms with van der Waals surface area (Å²) < 4.78 is 43.7. The number of urea groups is 1. The number of aliphatic imine (C=N–C) groups is 1. The summed E-state index contributed by atoms with van der Waals surface area (Å²) in [6.07, 6.45) is 6.34. The Labute approximate surface area is 160 Å². The van der Waals surface area contributed by atoms with E-state index in [-0.39, 0.29) is 17.8 Å². The Morgan fingerprint density at radius 2 is 2.07 bits per heavy atom. The maximum atomic E-state index is 14.5. The van der Waals surface area contributed by atoms with Crippen LogP contribution in [0.4, 0.5) is 9.18 Å². The van der Waals surface area contributed by atoms with Crippen LogP contribution in [0, 0.1) is 0 Å². The summed E-state index contributed by atoms with van der Waals surface area (Å²) >= 11 is 0. The Bertz CT molecular complexity index is 1080. The number of imide groups is 1. The molecule has 0 spiro atoms. The number of sulfonamides is 1. The minimum absolute atomic E-state index is 0.0699. The van der Waals surface area contributed by atoms with Crippen molar-refractivity contribution < 1.29 is 22.4 Å². The third-order valence-electron chi connectivity index (χ3n) is 4.88. The molecule has 1 aromatic rings. The molecule has 2 aliphatic carbocycles. The molecule has 1 unspecified atom stereocenters. The van der Waals surface area contributed by atoms with E-state index in [9.17, 15) is 22.4 Å². The molecule has 0 bridgehead atoms. The predicted molar refractivity (Wildman–Crippen MR) is 97.3 cm³/mol. The van der Waals surface area contributed by atoms with Crippen molar-refractivity contribution in [2.75, 3.05) is 0 Å². The number of nitrogens with one attached hydrogen (secondary N) is 1. The van der Waals surface area contributed by atoms with Crippen LogP contribution < -0.4 is 4.72 Å². The van der Waals surface area contributed by atoms with Gasteiger partial charge in [0.15, 0.2) is 0 Å². The molecule has 1 N–H and O–H groups in total. The SMILES string of the molecule is Cn1cc(CN2C(=O)N=C3C=C(F)C(S(=O)(=O)NC4(C)CC4)C=C3C2=O)cn1. The van der Waals surface area contributed by atoms with Crippen LogP contribution in [0.3, 0.4) is 0 Å². The monoisotopic (exact) mass is 407 g/mol. The van der Waals surface area contributed by atoms with Crippen LogP contribution in [0.5, 0.6) is 0 Å². The summed E-state index contributed by atoms with van der Waals surface area (Å²) in [7, 11) is -2.39. The molecule has 9 nitrogen and oxygen atoms in total. The van der Waals surface area contributed by atoms with Gasteiger partial charge in [-0.25, -0.2) is 22.3 Å². The third kappa shape index (κ3) is 3.31. The van der Waals surface area contributed by atoms with Crippen molar-refractivity contribution in [1.82, 2.24) is 19.4 Å². The molecular weight excluding hydrogens is 389 g/mol. The molecule has 11 heteroatoms. The minimum atomic E-state index is -4.08. The molecule has 0 radical (unpaired) electrons. The van der Waals surface area contributed by atoms with Crippen molar-refractivity contribution in [3.63, 3.8) is 0 Å². The van der Waals surface area contributed by atoms with Gasteiger partial charge in [0.1, 0.15) is 11.1 Å². The molecule has 0 saturated heterocycles. The topological polar surface area (TPSA) is 114 Å². The van der Waals surface area contributed by atoms with E-state index in [1.54, 1.807) is 20.2 Å². The van der Waals surface area contributed by atoms with Crippen LogP contribution >= 0.6 is 0 Å². The van der Waals surface area contributed by atoms with Crippen molar-refractivity contribution in [3.05, 3.63) is 41.5 Å². The van der Waals surface area contributed by atoms with Crippen LogP contribution in [0.15, 0.2) is 40.9 Å². The fourth-order valence-electron chi connectivity index (χ4n) is 3.09. The Morgan fingerprint density at radius 3 is 2.68 bits per heavy atom. The summed E-state index contributed by atoms with van der Waals surface area (Å²) in [5, 5.41) is 2.34. The van der Waals surface area contributed by atoms with Gasteiger partial charge in [-0.1, -0.05) is 0 Å². The molecule has 4 rings (SSSR count). The second-order valence-electron chi connectivity index (χ2n) is 7.43. The van der Waals surface area contributed by atoms with E-state index in [1.165, 1.54) is 10.9 Å². The highest BCUT2D eigenvalue weighted by molar-refractivity contribution is 7.90. The largest absolute Gasteiger partial charge is 0.351 e. The molecular formula is C17H18FN5O4S. The van der Waals surface area contributed by atoms with Crippen LogP contribution in [-0.2, 0) is 28.4 Å². The van der Waals surface area contributed by atoms with Gasteiger partial charge in [0, 0.05) is 24.3 Å². The number of aromatic nitrogens is 2. The zero-order chi connectivity index (χ0) is 20.3. The highest BCUT2D eigenvalue weighted by atomic mass is 32.2. The number of nitrogens with zero attached hydrogens (tertiary/aromatic N) is 4. The predicted octanol–water partition coefficient (Wildman–Crippen LogP) is 0.957. The molecule has 1 atom stereocenters. The van der Waals surface area contributed by atoms with Gasteiger partial charge in [-0.15, -0.1) is 0 Å². The maximum absolute atomic E-state index is 14.5. The zero-order valence-corrected chi connectivity index (χ0v) is 16.0. The number of halogens is 1. The minimum Gasteiger partial charge on any atom is -0.275 e. The van der Waals surface area contributed by atoms with Crippen LogP contribution in [0.2, 0.25) is 0 Å². The first kappa shape index (κ1) is 18.7. The Balaban J connectivity index is 1.66. The van der Waals surface area contributed by atoms with Crippen LogP contribution in [-0.4, -0.2) is 51.5 Å². The molecule has 0 aromatic carbocycles. The Hall–Kier alpha value is -2.66. The molecule has 148 valence electrons. The van der Waals surface area contributed by atoms with E-state index < -0.39 is 38.6 Å². The molecule has 1 aliphatic heterocycles. The van der Waals surface area contributed by atoms with Crippen molar-refractivity contribution in [3.8, 4) is 0 Å². The Kier molecular flexibility index (Phi) is 4.12. The van der Waals surface area contributed by atoms with Gasteiger partial charge in [-0.2, -0.15) is 10.1 Å². The standard InChI is InChI=1S/C17H18FN5O4S/c1-17(3-4-17)21-28(26,27)14-5-11-13(6-12(14)18)20-16(25)23(15(11)24)9-10-7-19-22(2)8-10/h5-8,14,21H,3-4,9H2,1-2H3. The molecule has 1 saturated carbocycles. The summed E-state index contributed by atoms with van der Waals surface area (Å²) in [4.78, 5) is 29.7. The van der Waals surface area contributed by atoms with Gasteiger partial charge < -0.3 is 0 Å². The first-order valence-electron chi connectivity index (χ1n) is 8.62. The fourth-order valence-corrected chi connectivity index (χ4v) is 4.78. The van der Waals surface area contributed by atoms with Crippen molar-refractivity contribution in [1.29, 1.82) is 0 Å². The maximum Gasteiger partial charge on any atom is 0.351 e.